The van der Waals surface area contributed by atoms with Crippen LogP contribution in [0.15, 0.2) is 157 Å². The number of nitrogens with one attached hydrogen (secondary N) is 5. The lowest BCUT2D eigenvalue weighted by Crippen LogP contribution is -2.18. The maximum Gasteiger partial charge on any atom is 0.135 e. The van der Waals surface area contributed by atoms with Crippen molar-refractivity contribution in [2.75, 3.05) is 18.4 Å². The van der Waals surface area contributed by atoms with Crippen LogP contribution in [-0.4, -0.2) is 83.5 Å². The normalized spacial score (nSPS) is 13.1. The smallest absolute Gasteiger partial charge is 0.135 e. The van der Waals surface area contributed by atoms with Crippen molar-refractivity contribution in [3.63, 3.8) is 0 Å². The van der Waals surface area contributed by atoms with E-state index in [1.165, 1.54) is 37.1 Å². The van der Waals surface area contributed by atoms with E-state index in [4.69, 9.17) is 9.97 Å². The molecule has 12 aromatic rings. The molecule has 0 atom stereocenters. The molecule has 0 radical (unpaired) electrons. The highest BCUT2D eigenvalue weighted by atomic mass is 32.2. The molecule has 75 heavy (non-hydrogen) atoms. The van der Waals surface area contributed by atoms with Gasteiger partial charge in [0.1, 0.15) is 22.4 Å². The summed E-state index contributed by atoms with van der Waals surface area (Å²) in [6.45, 7) is 14.0. The fourth-order valence-electron chi connectivity index (χ4n) is 9.56. The minimum absolute atomic E-state index is 0.538. The van der Waals surface area contributed by atoms with Gasteiger partial charge in [0.2, 0.25) is 0 Å². The lowest BCUT2D eigenvalue weighted by molar-refractivity contribution is 0.331. The van der Waals surface area contributed by atoms with Crippen molar-refractivity contribution in [1.82, 2.24) is 65.2 Å². The Balaban J connectivity index is 0.000000152. The molecule has 0 amide bonds. The van der Waals surface area contributed by atoms with Crippen molar-refractivity contribution in [3.05, 3.63) is 174 Å². The lowest BCUT2D eigenvalue weighted by Gasteiger charge is -2.14. The van der Waals surface area contributed by atoms with E-state index in [1.807, 2.05) is 116 Å². The average Bonchev–Trinajstić information content (AvgIpc) is 4.32. The number of fused-ring (bicyclic) bond motifs is 4. The van der Waals surface area contributed by atoms with E-state index in [1.54, 1.807) is 17.5 Å². The molecule has 1 saturated heterocycles. The highest BCUT2D eigenvalue weighted by Crippen LogP contribution is 2.36. The number of hydrogen-bond acceptors (Lipinski definition) is 12. The number of likely N-dealkylation sites (tertiary alicyclic amines) is 1. The second kappa shape index (κ2) is 20.7. The van der Waals surface area contributed by atoms with E-state index >= 15 is 0 Å². The molecule has 0 spiro atoms. The number of hydrogen-bond donors (Lipinski definition) is 5. The van der Waals surface area contributed by atoms with Crippen LogP contribution in [0.2, 0.25) is 0 Å². The molecule has 1 aliphatic rings. The lowest BCUT2D eigenvalue weighted by atomic mass is 10.1. The first-order valence-corrected chi connectivity index (χ1v) is 26.8. The molecular weight excluding hydrogens is 969 g/mol. The van der Waals surface area contributed by atoms with Crippen LogP contribution in [0.25, 0.3) is 112 Å². The van der Waals surface area contributed by atoms with Crippen molar-refractivity contribution in [2.24, 2.45) is 0 Å². The maximum atomic E-state index is 5.03. The van der Waals surface area contributed by atoms with Gasteiger partial charge in [0.15, 0.2) is 0 Å². The van der Waals surface area contributed by atoms with Crippen molar-refractivity contribution >= 4 is 83.9 Å². The van der Waals surface area contributed by atoms with E-state index in [2.05, 4.69) is 128 Å². The third kappa shape index (κ3) is 9.98. The first kappa shape index (κ1) is 47.4. The van der Waals surface area contributed by atoms with Gasteiger partial charge >= 0.3 is 0 Å². The first-order chi connectivity index (χ1) is 36.8. The zero-order valence-corrected chi connectivity index (χ0v) is 43.2. The average molecular weight is 1020 g/mol. The fraction of sp³-hybridized carbons (Fsp3) is 0.153. The molecule has 5 N–H and O–H groups in total. The molecule has 12 heterocycles. The second-order valence-corrected chi connectivity index (χ2v) is 21.2. The summed E-state index contributed by atoms with van der Waals surface area (Å²) in [5.41, 5.74) is 20.8. The van der Waals surface area contributed by atoms with E-state index in [-0.39, 0.29) is 0 Å². The summed E-state index contributed by atoms with van der Waals surface area (Å²) in [6, 6.07) is 28.7. The van der Waals surface area contributed by atoms with Crippen LogP contribution in [0.5, 0.6) is 0 Å². The molecule has 1 fully saturated rings. The molecule has 0 unspecified atom stereocenters. The Kier molecular flexibility index (Phi) is 13.1. The van der Waals surface area contributed by atoms with Crippen LogP contribution < -0.4 is 5.32 Å². The number of rotatable bonds is 13. The predicted octanol–water partition coefficient (Wildman–Crippen LogP) is 14.0. The van der Waals surface area contributed by atoms with Crippen LogP contribution in [0, 0.1) is 0 Å². The van der Waals surface area contributed by atoms with Crippen LogP contribution in [-0.2, 0) is 6.54 Å². The summed E-state index contributed by atoms with van der Waals surface area (Å²) in [4.78, 5) is 37.4. The van der Waals surface area contributed by atoms with Gasteiger partial charge in [0.25, 0.3) is 0 Å². The van der Waals surface area contributed by atoms with E-state index in [0.29, 0.717) is 5.25 Å². The summed E-state index contributed by atoms with van der Waals surface area (Å²) in [7, 11) is 0. The zero-order valence-electron chi connectivity index (χ0n) is 41.6. The van der Waals surface area contributed by atoms with Gasteiger partial charge in [-0.25, -0.2) is 9.97 Å². The van der Waals surface area contributed by atoms with Crippen molar-refractivity contribution < 1.29 is 0 Å². The minimum atomic E-state index is 0.538. The highest BCUT2D eigenvalue weighted by molar-refractivity contribution is 8.02. The van der Waals surface area contributed by atoms with Gasteiger partial charge in [-0.15, -0.1) is 11.8 Å². The Morgan fingerprint density at radius 3 is 2.01 bits per heavy atom. The number of anilines is 1. The number of thiophene rings is 1. The van der Waals surface area contributed by atoms with Crippen molar-refractivity contribution in [3.8, 4) is 56.4 Å². The minimum Gasteiger partial charge on any atom is -0.354 e. The van der Waals surface area contributed by atoms with E-state index in [0.717, 1.165) is 129 Å². The van der Waals surface area contributed by atoms with Gasteiger partial charge in [0.05, 0.1) is 69.1 Å². The Morgan fingerprint density at radius 2 is 1.33 bits per heavy atom. The standard InChI is InChI=1S/C30H21N7S.C29H31N7S/c1-18(19-5-3-2-4-6-19)33-22-11-21(13-31-14-22)25-7-8-26-29(35-25)30(37-36-26)27-12-23-24(20-9-10-38-17-20)15-32-16-28(23)34-27;1-18(2)37-17-19(3)23-14-31-15-27-22(23)11-26(32-27)29-28-25(34-35-29)7-6-24(33-28)21-10-20(12-30-13-21)16-36-8-4-5-9-36/h2-17,33-34H,1H2,(H,36,37);6-7,10-15,17-18,32H,4-5,8-9,16H2,1-3H3,(H,34,35)/b;19-17+. The summed E-state index contributed by atoms with van der Waals surface area (Å²) < 4.78 is 0. The van der Waals surface area contributed by atoms with Gasteiger partial charge in [-0.1, -0.05) is 50.8 Å². The summed E-state index contributed by atoms with van der Waals surface area (Å²) in [5, 5.41) is 28.1. The quantitative estimate of drug-likeness (QED) is 0.0741. The number of aromatic nitrogens is 12. The van der Waals surface area contributed by atoms with E-state index < -0.39 is 0 Å². The molecule has 1 aliphatic heterocycles. The predicted molar refractivity (Wildman–Crippen MR) is 308 cm³/mol. The van der Waals surface area contributed by atoms with Gasteiger partial charge in [-0.2, -0.15) is 21.5 Å². The Hall–Kier alpha value is -8.57. The maximum absolute atomic E-state index is 5.03. The van der Waals surface area contributed by atoms with Crippen LogP contribution in [0.3, 0.4) is 0 Å². The van der Waals surface area contributed by atoms with Crippen LogP contribution in [0.4, 0.5) is 5.69 Å². The number of allylic oxidation sites excluding steroid dienone is 1. The summed E-state index contributed by atoms with van der Waals surface area (Å²) in [5.74, 6) is 0. The third-order valence-electron chi connectivity index (χ3n) is 13.3. The Labute approximate surface area is 441 Å². The molecule has 0 bridgehead atoms. The third-order valence-corrected chi connectivity index (χ3v) is 15.1. The number of benzene rings is 1. The molecular formula is C59H52N14S2. The SMILES string of the molecule is C/C(=C\SC(C)C)c1cncc2[nH]c(-c3n[nH]c4ccc(-c5cncc(CN6CCCC6)c5)nc34)cc12.C=C(Nc1cncc(-c2ccc3[nH]nc(-c4cc5c(-c6ccsc6)cncc5[nH]4)c3n2)c1)c1ccccc1. The van der Waals surface area contributed by atoms with Gasteiger partial charge in [-0.05, 0) is 126 Å². The first-order valence-electron chi connectivity index (χ1n) is 24.9. The molecule has 1 aromatic carbocycles. The van der Waals surface area contributed by atoms with Gasteiger partial charge < -0.3 is 15.3 Å². The number of aromatic amines is 4. The number of nitrogens with zero attached hydrogens (tertiary/aromatic N) is 9. The molecule has 13 rings (SSSR count). The molecule has 16 heteroatoms. The molecule has 370 valence electrons. The summed E-state index contributed by atoms with van der Waals surface area (Å²) >= 11 is 3.50. The summed E-state index contributed by atoms with van der Waals surface area (Å²) in [6.07, 6.45) is 17.6. The number of pyridine rings is 6. The highest BCUT2D eigenvalue weighted by Gasteiger charge is 2.19. The molecule has 0 aliphatic carbocycles. The zero-order chi connectivity index (χ0) is 50.8. The largest absolute Gasteiger partial charge is 0.354 e. The molecule has 14 nitrogen and oxygen atoms in total. The monoisotopic (exact) mass is 1020 g/mol. The molecule has 11 aromatic heterocycles. The van der Waals surface area contributed by atoms with E-state index in [9.17, 15) is 0 Å². The Bertz CT molecular complexity index is 4030. The van der Waals surface area contributed by atoms with Gasteiger partial charge in [0, 0.05) is 81.5 Å². The van der Waals surface area contributed by atoms with Crippen molar-refractivity contribution in [2.45, 2.75) is 45.4 Å². The second-order valence-electron chi connectivity index (χ2n) is 19.0. The fourth-order valence-corrected chi connectivity index (χ4v) is 10.8. The van der Waals surface area contributed by atoms with Gasteiger partial charge in [-0.3, -0.25) is 35.0 Å². The topological polar surface area (TPSA) is 182 Å². The molecule has 0 saturated carbocycles. The van der Waals surface area contributed by atoms with Crippen molar-refractivity contribution in [1.29, 1.82) is 0 Å². The van der Waals surface area contributed by atoms with Crippen LogP contribution >= 0.6 is 23.1 Å². The number of thioether (sulfide) groups is 1. The number of H-pyrrole nitrogens is 4. The van der Waals surface area contributed by atoms with Crippen LogP contribution in [0.1, 0.15) is 50.3 Å². The Morgan fingerprint density at radius 1 is 0.693 bits per heavy atom.